The van der Waals surface area contributed by atoms with Gasteiger partial charge in [-0.1, -0.05) is 0 Å². The number of carbonyl (C=O) groups is 1. The number of ether oxygens (including phenoxy) is 3. The van der Waals surface area contributed by atoms with Gasteiger partial charge in [-0.3, -0.25) is 13.9 Å². The number of hydrogen-bond donors (Lipinski definition) is 8. The third kappa shape index (κ3) is 7.96. The highest BCUT2D eigenvalue weighted by Gasteiger charge is 2.51. The second kappa shape index (κ2) is 11.3. The predicted octanol–water partition coefficient (Wildman–Crippen LogP) is -5.60. The second-order valence-electron chi connectivity index (χ2n) is 7.32. The zero-order valence-corrected chi connectivity index (χ0v) is 18.9. The Morgan fingerprint density at radius 2 is 1.32 bits per heavy atom. The van der Waals surface area contributed by atoms with Gasteiger partial charge in [-0.2, -0.15) is 16.8 Å². The molecule has 20 heteroatoms. The van der Waals surface area contributed by atoms with Gasteiger partial charge in [0.05, 0.1) is 13.2 Å². The lowest BCUT2D eigenvalue weighted by molar-refractivity contribution is -0.340. The summed E-state index contributed by atoms with van der Waals surface area (Å²) < 4.78 is 84.3. The highest BCUT2D eigenvalue weighted by molar-refractivity contribution is 7.81. The van der Waals surface area contributed by atoms with Crippen LogP contribution in [0.5, 0.6) is 0 Å². The molecule has 0 spiro atoms. The minimum atomic E-state index is -4.99. The minimum Gasteiger partial charge on any atom is -0.388 e. The monoisotopic (exact) mass is 543 g/mol. The van der Waals surface area contributed by atoms with Gasteiger partial charge in [0.2, 0.25) is 5.91 Å². The van der Waals surface area contributed by atoms with Crippen molar-refractivity contribution in [2.75, 3.05) is 13.2 Å². The average molecular weight is 543 g/mol. The largest absolute Gasteiger partial charge is 0.397 e. The lowest BCUT2D eigenvalue weighted by Crippen LogP contribution is -2.67. The van der Waals surface area contributed by atoms with E-state index >= 15 is 0 Å². The zero-order chi connectivity index (χ0) is 26.0. The van der Waals surface area contributed by atoms with E-state index in [0.717, 1.165) is 6.92 Å². The van der Waals surface area contributed by atoms with E-state index in [1.165, 1.54) is 0 Å². The van der Waals surface area contributed by atoms with Crippen LogP contribution in [0.3, 0.4) is 0 Å². The maximum atomic E-state index is 11.5. The summed E-state index contributed by atoms with van der Waals surface area (Å²) in [5.74, 6) is -0.756. The number of rotatable bonds is 9. The van der Waals surface area contributed by atoms with E-state index in [-0.39, 0.29) is 0 Å². The quantitative estimate of drug-likeness (QED) is 0.126. The van der Waals surface area contributed by atoms with Crippen LogP contribution >= 0.6 is 0 Å². The van der Waals surface area contributed by atoms with Crippen molar-refractivity contribution >= 4 is 26.7 Å². The van der Waals surface area contributed by atoms with Crippen molar-refractivity contribution in [2.24, 2.45) is 0 Å². The third-order valence-corrected chi connectivity index (χ3v) is 5.65. The van der Waals surface area contributed by atoms with Gasteiger partial charge in [-0.25, -0.2) is 8.37 Å². The Bertz CT molecular complexity index is 911. The summed E-state index contributed by atoms with van der Waals surface area (Å²) in [6, 6.07) is -1.58. The van der Waals surface area contributed by atoms with Crippen LogP contribution in [0.4, 0.5) is 0 Å². The van der Waals surface area contributed by atoms with Gasteiger partial charge in [-0.05, 0) is 0 Å². The van der Waals surface area contributed by atoms with Crippen LogP contribution in [0.25, 0.3) is 0 Å². The fourth-order valence-corrected chi connectivity index (χ4v) is 3.86. The Morgan fingerprint density at radius 3 is 1.79 bits per heavy atom. The molecule has 1 amide bonds. The van der Waals surface area contributed by atoms with Crippen molar-refractivity contribution in [2.45, 2.75) is 68.3 Å². The first-order valence-corrected chi connectivity index (χ1v) is 12.1. The Balaban J connectivity index is 2.26. The van der Waals surface area contributed by atoms with E-state index in [1.807, 2.05) is 0 Å². The Labute approximate surface area is 192 Å². The van der Waals surface area contributed by atoms with Crippen molar-refractivity contribution in [1.29, 1.82) is 0 Å². The van der Waals surface area contributed by atoms with Crippen molar-refractivity contribution in [3.8, 4) is 0 Å². The van der Waals surface area contributed by atoms with Crippen LogP contribution < -0.4 is 5.32 Å². The Hall–Kier alpha value is -1.11. The molecule has 2 aliphatic rings. The number of hydrogen-bond acceptors (Lipinski definition) is 15. The van der Waals surface area contributed by atoms with E-state index in [4.69, 9.17) is 23.3 Å². The summed E-state index contributed by atoms with van der Waals surface area (Å²) in [4.78, 5) is 11.5. The number of aliphatic hydroxyl groups excluding tert-OH is 5. The summed E-state index contributed by atoms with van der Waals surface area (Å²) in [6.45, 7) is -1.04. The molecule has 10 atom stereocenters. The summed E-state index contributed by atoms with van der Waals surface area (Å²) in [7, 11) is -9.96. The van der Waals surface area contributed by atoms with Gasteiger partial charge in [0, 0.05) is 6.92 Å². The number of amides is 1. The zero-order valence-electron chi connectivity index (χ0n) is 17.2. The van der Waals surface area contributed by atoms with Crippen LogP contribution in [-0.2, 0) is 48.2 Å². The first kappa shape index (κ1) is 29.1. The highest BCUT2D eigenvalue weighted by atomic mass is 32.3. The van der Waals surface area contributed by atoms with E-state index in [0.29, 0.717) is 0 Å². The van der Waals surface area contributed by atoms with Crippen LogP contribution in [0.2, 0.25) is 0 Å². The topological polar surface area (TPSA) is 285 Å². The number of aliphatic hydroxyl groups is 5. The predicted molar refractivity (Wildman–Crippen MR) is 101 cm³/mol. The lowest BCUT2D eigenvalue weighted by Gasteiger charge is -2.46. The highest BCUT2D eigenvalue weighted by Crippen LogP contribution is 2.29. The molecule has 0 bridgehead atoms. The molecule has 0 saturated carbocycles. The van der Waals surface area contributed by atoms with Crippen LogP contribution in [0.15, 0.2) is 0 Å². The van der Waals surface area contributed by atoms with E-state index in [2.05, 4.69) is 13.7 Å². The fourth-order valence-electron chi connectivity index (χ4n) is 3.25. The first-order chi connectivity index (χ1) is 15.5. The molecule has 0 radical (unpaired) electrons. The summed E-state index contributed by atoms with van der Waals surface area (Å²) in [5.41, 5.74) is 0. The van der Waals surface area contributed by atoms with Gasteiger partial charge in [0.1, 0.15) is 48.8 Å². The Kier molecular flexibility index (Phi) is 9.68. The van der Waals surface area contributed by atoms with Crippen LogP contribution in [-0.4, -0.2) is 132 Å². The second-order valence-corrected chi connectivity index (χ2v) is 9.50. The summed E-state index contributed by atoms with van der Waals surface area (Å²) in [6.07, 6.45) is -16.9. The molecule has 0 aromatic carbocycles. The van der Waals surface area contributed by atoms with Gasteiger partial charge in [0.25, 0.3) is 0 Å². The smallest absolute Gasteiger partial charge is 0.388 e. The molecular formula is C14H25NO17S2. The lowest BCUT2D eigenvalue weighted by atomic mass is 9.95. The molecule has 0 aliphatic carbocycles. The summed E-state index contributed by atoms with van der Waals surface area (Å²) in [5, 5.41) is 53.3. The molecule has 2 heterocycles. The third-order valence-electron chi connectivity index (χ3n) is 4.79. The minimum absolute atomic E-state index is 0.756. The Morgan fingerprint density at radius 1 is 0.824 bits per heavy atom. The van der Waals surface area contributed by atoms with E-state index < -0.39 is 101 Å². The van der Waals surface area contributed by atoms with Crippen LogP contribution in [0, 0.1) is 0 Å². The SMILES string of the molecule is CC(=O)N[C@H]1[C@@H](O[C@@H]2[C@@H](O)[C@H](O)O[C@H](COS(=O)(=O)O)[C@@H]2O)O[C@H](COS(=O)(=O)O)[C@@H](O)[C@@H]1O. The average Bonchev–Trinajstić information content (AvgIpc) is 2.69. The molecule has 2 rings (SSSR count). The van der Waals surface area contributed by atoms with Crippen LogP contribution in [0.1, 0.15) is 6.92 Å². The number of nitrogens with one attached hydrogen (secondary N) is 1. The van der Waals surface area contributed by atoms with Gasteiger partial charge >= 0.3 is 20.8 Å². The molecule has 0 unspecified atom stereocenters. The molecular weight excluding hydrogens is 518 g/mol. The molecule has 2 aliphatic heterocycles. The fraction of sp³-hybridized carbons (Fsp3) is 0.929. The molecule has 2 saturated heterocycles. The van der Waals surface area contributed by atoms with Gasteiger partial charge in [0.15, 0.2) is 12.6 Å². The number of carbonyl (C=O) groups excluding carboxylic acids is 1. The van der Waals surface area contributed by atoms with Gasteiger partial charge in [-0.15, -0.1) is 0 Å². The van der Waals surface area contributed by atoms with Gasteiger partial charge < -0.3 is 45.1 Å². The molecule has 8 N–H and O–H groups in total. The molecule has 2 fully saturated rings. The summed E-state index contributed by atoms with van der Waals surface area (Å²) >= 11 is 0. The van der Waals surface area contributed by atoms with E-state index in [1.54, 1.807) is 0 Å². The maximum absolute atomic E-state index is 11.5. The van der Waals surface area contributed by atoms with Crippen molar-refractivity contribution in [1.82, 2.24) is 5.32 Å². The maximum Gasteiger partial charge on any atom is 0.397 e. The molecule has 0 aromatic heterocycles. The molecule has 34 heavy (non-hydrogen) atoms. The molecule has 200 valence electrons. The van der Waals surface area contributed by atoms with Crippen molar-refractivity contribution in [3.63, 3.8) is 0 Å². The molecule has 18 nitrogen and oxygen atoms in total. The first-order valence-electron chi connectivity index (χ1n) is 9.37. The van der Waals surface area contributed by atoms with Crippen molar-refractivity contribution < 1.29 is 78.8 Å². The van der Waals surface area contributed by atoms with E-state index in [9.17, 15) is 47.2 Å². The molecule has 0 aromatic rings. The standard InChI is InChI=1S/C14H25NO17S2/c1-4(16)15-7-10(19)8(17)5(2-28-33(22,23)24)31-14(7)32-12-9(18)6(3-29-34(25,26)27)30-13(21)11(12)20/h5-14,17-21H,2-3H2,1H3,(H,15,16)(H,22,23,24)(H,25,26,27)/t5-,6-,7-,8-,9+,10-,11-,12+,13-,14-/m1/s1. The normalized spacial score (nSPS) is 39.5. The van der Waals surface area contributed by atoms with Crippen molar-refractivity contribution in [3.05, 3.63) is 0 Å².